The minimum Gasteiger partial charge on any atom is -0.376 e. The zero-order valence-electron chi connectivity index (χ0n) is 9.44. The third kappa shape index (κ3) is 4.36. The van der Waals surface area contributed by atoms with E-state index in [0.717, 1.165) is 5.56 Å². The molecule has 1 aromatic carbocycles. The van der Waals surface area contributed by atoms with Crippen LogP contribution in [0.3, 0.4) is 0 Å². The Labute approximate surface area is 95.4 Å². The van der Waals surface area contributed by atoms with Gasteiger partial charge >= 0.3 is 0 Å². The Morgan fingerprint density at radius 2 is 1.81 bits per heavy atom. The molecule has 0 unspecified atom stereocenters. The van der Waals surface area contributed by atoms with Gasteiger partial charge in [-0.25, -0.2) is 0 Å². The third-order valence-electron chi connectivity index (χ3n) is 2.22. The van der Waals surface area contributed by atoms with Crippen LogP contribution >= 0.6 is 0 Å². The summed E-state index contributed by atoms with van der Waals surface area (Å²) in [5, 5.41) is 0. The van der Waals surface area contributed by atoms with Crippen LogP contribution in [-0.2, 0) is 20.9 Å². The monoisotopic (exact) mass is 220 g/mol. The molecule has 0 radical (unpaired) electrons. The first-order valence-electron chi connectivity index (χ1n) is 5.41. The summed E-state index contributed by atoms with van der Waals surface area (Å²) in [6.45, 7) is 2.47. The van der Waals surface area contributed by atoms with Gasteiger partial charge in [-0.1, -0.05) is 37.3 Å². The summed E-state index contributed by atoms with van der Waals surface area (Å²) in [5.41, 5.74) is 1.07. The van der Waals surface area contributed by atoms with Gasteiger partial charge in [0.05, 0.1) is 13.2 Å². The van der Waals surface area contributed by atoms with Crippen LogP contribution in [0.15, 0.2) is 30.3 Å². The van der Waals surface area contributed by atoms with Crippen LogP contribution in [0.4, 0.5) is 0 Å². The molecule has 0 N–H and O–H groups in total. The second-order valence-electron chi connectivity index (χ2n) is 3.49. The maximum atomic E-state index is 11.2. The molecule has 0 bridgehead atoms. The third-order valence-corrected chi connectivity index (χ3v) is 2.22. The SMILES string of the molecule is CCC(=O)C(=O)CCOCc1ccccc1. The van der Waals surface area contributed by atoms with Crippen molar-refractivity contribution in [2.75, 3.05) is 6.61 Å². The highest BCUT2D eigenvalue weighted by Gasteiger charge is 2.10. The van der Waals surface area contributed by atoms with Gasteiger partial charge in [-0.2, -0.15) is 0 Å². The zero-order valence-corrected chi connectivity index (χ0v) is 9.44. The number of Topliss-reactive ketones (excluding diaryl/α,β-unsaturated/α-hetero) is 2. The number of hydrogen-bond acceptors (Lipinski definition) is 3. The van der Waals surface area contributed by atoms with Crippen LogP contribution in [0.5, 0.6) is 0 Å². The topological polar surface area (TPSA) is 43.4 Å². The molecular weight excluding hydrogens is 204 g/mol. The van der Waals surface area contributed by atoms with E-state index < -0.39 is 0 Å². The molecule has 0 spiro atoms. The molecule has 0 aromatic heterocycles. The minimum absolute atomic E-state index is 0.180. The van der Waals surface area contributed by atoms with Crippen molar-refractivity contribution >= 4 is 11.6 Å². The Hall–Kier alpha value is -1.48. The van der Waals surface area contributed by atoms with Crippen molar-refractivity contribution in [3.05, 3.63) is 35.9 Å². The Morgan fingerprint density at radius 1 is 1.12 bits per heavy atom. The highest BCUT2D eigenvalue weighted by Crippen LogP contribution is 2.01. The maximum absolute atomic E-state index is 11.2. The Bertz CT molecular complexity index is 343. The van der Waals surface area contributed by atoms with Gasteiger partial charge in [-0.3, -0.25) is 9.59 Å². The normalized spacial score (nSPS) is 10.1. The Balaban J connectivity index is 2.17. The van der Waals surface area contributed by atoms with E-state index in [9.17, 15) is 9.59 Å². The van der Waals surface area contributed by atoms with Crippen molar-refractivity contribution in [2.45, 2.75) is 26.4 Å². The molecule has 16 heavy (non-hydrogen) atoms. The highest BCUT2D eigenvalue weighted by atomic mass is 16.5. The molecule has 0 aliphatic carbocycles. The minimum atomic E-state index is -0.337. The number of hydrogen-bond donors (Lipinski definition) is 0. The lowest BCUT2D eigenvalue weighted by molar-refractivity contribution is -0.137. The molecule has 1 aromatic rings. The van der Waals surface area contributed by atoms with Crippen LogP contribution in [0.2, 0.25) is 0 Å². The van der Waals surface area contributed by atoms with Gasteiger partial charge in [0.2, 0.25) is 5.78 Å². The summed E-state index contributed by atoms with van der Waals surface area (Å²) in [7, 11) is 0. The smallest absolute Gasteiger partial charge is 0.200 e. The number of rotatable bonds is 7. The molecule has 0 aliphatic heterocycles. The molecule has 0 atom stereocenters. The summed E-state index contributed by atoms with van der Waals surface area (Å²) in [6, 6.07) is 9.72. The lowest BCUT2D eigenvalue weighted by Crippen LogP contribution is -2.14. The van der Waals surface area contributed by atoms with Crippen LogP contribution in [0.1, 0.15) is 25.3 Å². The average Bonchev–Trinajstić information content (AvgIpc) is 2.34. The van der Waals surface area contributed by atoms with Crippen LogP contribution in [0, 0.1) is 0 Å². The van der Waals surface area contributed by atoms with Gasteiger partial charge in [-0.15, -0.1) is 0 Å². The van der Waals surface area contributed by atoms with Crippen LogP contribution < -0.4 is 0 Å². The number of benzene rings is 1. The average molecular weight is 220 g/mol. The predicted molar refractivity (Wildman–Crippen MR) is 61.0 cm³/mol. The van der Waals surface area contributed by atoms with E-state index in [-0.39, 0.29) is 24.4 Å². The lowest BCUT2D eigenvalue weighted by Gasteiger charge is -2.03. The van der Waals surface area contributed by atoms with E-state index in [1.807, 2.05) is 30.3 Å². The highest BCUT2D eigenvalue weighted by molar-refractivity contribution is 6.37. The first kappa shape index (κ1) is 12.6. The molecule has 0 aliphatic rings. The number of ketones is 2. The van der Waals surface area contributed by atoms with E-state index in [2.05, 4.69) is 0 Å². The standard InChI is InChI=1S/C13H16O3/c1-2-12(14)13(15)8-9-16-10-11-6-4-3-5-7-11/h3-7H,2,8-10H2,1H3. The first-order valence-corrected chi connectivity index (χ1v) is 5.41. The van der Waals surface area contributed by atoms with Gasteiger partial charge in [0.15, 0.2) is 5.78 Å². The largest absolute Gasteiger partial charge is 0.376 e. The Kier molecular flexibility index (Phi) is 5.43. The van der Waals surface area contributed by atoms with E-state index in [1.165, 1.54) is 0 Å². The summed E-state index contributed by atoms with van der Waals surface area (Å²) >= 11 is 0. The second kappa shape index (κ2) is 6.90. The summed E-state index contributed by atoms with van der Waals surface area (Å²) < 4.78 is 5.31. The molecule has 0 saturated heterocycles. The van der Waals surface area contributed by atoms with Gasteiger partial charge in [0, 0.05) is 12.8 Å². The second-order valence-corrected chi connectivity index (χ2v) is 3.49. The molecule has 86 valence electrons. The molecule has 0 amide bonds. The maximum Gasteiger partial charge on any atom is 0.200 e. The van der Waals surface area contributed by atoms with E-state index in [0.29, 0.717) is 13.2 Å². The van der Waals surface area contributed by atoms with Crippen LogP contribution in [-0.4, -0.2) is 18.2 Å². The van der Waals surface area contributed by atoms with Crippen molar-refractivity contribution in [2.24, 2.45) is 0 Å². The van der Waals surface area contributed by atoms with Crippen LogP contribution in [0.25, 0.3) is 0 Å². The van der Waals surface area contributed by atoms with Gasteiger partial charge < -0.3 is 4.74 Å². The zero-order chi connectivity index (χ0) is 11.8. The molecule has 0 fully saturated rings. The van der Waals surface area contributed by atoms with Gasteiger partial charge in [-0.05, 0) is 5.56 Å². The number of carbonyl (C=O) groups excluding carboxylic acids is 2. The summed E-state index contributed by atoms with van der Waals surface area (Å²) in [4.78, 5) is 22.1. The Morgan fingerprint density at radius 3 is 2.44 bits per heavy atom. The fraction of sp³-hybridized carbons (Fsp3) is 0.385. The number of carbonyl (C=O) groups is 2. The van der Waals surface area contributed by atoms with Crippen molar-refractivity contribution in [3.63, 3.8) is 0 Å². The molecule has 0 saturated carbocycles. The molecule has 0 heterocycles. The molecule has 3 nitrogen and oxygen atoms in total. The van der Waals surface area contributed by atoms with E-state index in [4.69, 9.17) is 4.74 Å². The fourth-order valence-electron chi connectivity index (χ4n) is 1.27. The molecular formula is C13H16O3. The fourth-order valence-corrected chi connectivity index (χ4v) is 1.27. The summed E-state index contributed by atoms with van der Waals surface area (Å²) in [5.74, 6) is -0.654. The van der Waals surface area contributed by atoms with Gasteiger partial charge in [0.25, 0.3) is 0 Å². The lowest BCUT2D eigenvalue weighted by atomic mass is 10.1. The molecule has 1 rings (SSSR count). The number of ether oxygens (including phenoxy) is 1. The quantitative estimate of drug-likeness (QED) is 0.522. The van der Waals surface area contributed by atoms with Crippen molar-refractivity contribution < 1.29 is 14.3 Å². The van der Waals surface area contributed by atoms with Crippen molar-refractivity contribution in [3.8, 4) is 0 Å². The summed E-state index contributed by atoms with van der Waals surface area (Å²) in [6.07, 6.45) is 0.455. The van der Waals surface area contributed by atoms with E-state index >= 15 is 0 Å². The van der Waals surface area contributed by atoms with E-state index in [1.54, 1.807) is 6.92 Å². The first-order chi connectivity index (χ1) is 7.74. The van der Waals surface area contributed by atoms with Crippen molar-refractivity contribution in [1.29, 1.82) is 0 Å². The van der Waals surface area contributed by atoms with Gasteiger partial charge in [0.1, 0.15) is 0 Å². The molecule has 3 heteroatoms. The van der Waals surface area contributed by atoms with Crippen molar-refractivity contribution in [1.82, 2.24) is 0 Å². The predicted octanol–water partition coefficient (Wildman–Crippen LogP) is 2.14.